The highest BCUT2D eigenvalue weighted by Crippen LogP contribution is 2.43. The number of aryl methyl sites for hydroxylation is 1. The van der Waals surface area contributed by atoms with Crippen LogP contribution in [-0.4, -0.2) is 22.8 Å². The number of hydrogen-bond donors (Lipinski definition) is 0. The third-order valence-electron chi connectivity index (χ3n) is 5.01. The monoisotopic (exact) mass is 468 g/mol. The lowest BCUT2D eigenvalue weighted by molar-refractivity contribution is -0.133. The lowest BCUT2D eigenvalue weighted by Gasteiger charge is -2.17. The summed E-state index contributed by atoms with van der Waals surface area (Å²) in [5.74, 6) is -0.189. The third kappa shape index (κ3) is 5.79. The number of fused-ring (bicyclic) bond motifs is 1. The van der Waals surface area contributed by atoms with Gasteiger partial charge in [-0.2, -0.15) is 0 Å². The largest absolute Gasteiger partial charge is 0.490 e. The zero-order chi connectivity index (χ0) is 24.0. The van der Waals surface area contributed by atoms with E-state index in [1.54, 1.807) is 24.3 Å². The van der Waals surface area contributed by atoms with Crippen LogP contribution in [0.4, 0.5) is 0 Å². The number of rotatable bonds is 9. The maximum Gasteiger partial charge on any atom is 0.308 e. The van der Waals surface area contributed by atoms with Crippen molar-refractivity contribution >= 4 is 33.5 Å². The Labute approximate surface area is 196 Å². The predicted molar refractivity (Wildman–Crippen MR) is 127 cm³/mol. The minimum absolute atomic E-state index is 0.246. The van der Waals surface area contributed by atoms with E-state index in [2.05, 4.69) is 0 Å². The lowest BCUT2D eigenvalue weighted by Crippen LogP contribution is -2.08. The molecule has 0 amide bonds. The van der Waals surface area contributed by atoms with Crippen molar-refractivity contribution in [2.75, 3.05) is 6.61 Å². The molecule has 33 heavy (non-hydrogen) atoms. The molecule has 0 aliphatic rings. The molecule has 3 aromatic rings. The van der Waals surface area contributed by atoms with Crippen LogP contribution in [0.25, 0.3) is 10.8 Å². The van der Waals surface area contributed by atoms with Crippen molar-refractivity contribution in [2.24, 2.45) is 0 Å². The number of carbonyl (C=O) groups excluding carboxylic acids is 2. The van der Waals surface area contributed by atoms with Gasteiger partial charge >= 0.3 is 11.9 Å². The first kappa shape index (κ1) is 24.5. The Kier molecular flexibility index (Phi) is 8.22. The van der Waals surface area contributed by atoms with Crippen LogP contribution in [-0.2, 0) is 26.8 Å². The van der Waals surface area contributed by atoms with Crippen molar-refractivity contribution in [1.29, 1.82) is 0 Å². The standard InChI is InChI=1S/C26H28O6S/c1-5-7-14-30-24-16-23(31-17(3)27)22-15-20(12-13-21(22)26(24)32-18(4)28)33(29)25-11-9-8-10-19(25)6-2/h8-13,15-16H,5-7,14H2,1-4H3. The molecule has 3 rings (SSSR count). The Bertz CT molecular complexity index is 1200. The molecule has 0 aliphatic heterocycles. The van der Waals surface area contributed by atoms with E-state index in [0.29, 0.717) is 28.0 Å². The fourth-order valence-corrected chi connectivity index (χ4v) is 4.78. The first-order valence-electron chi connectivity index (χ1n) is 11.0. The molecular formula is C26H28O6S. The molecule has 0 aliphatic carbocycles. The molecule has 1 unspecified atom stereocenters. The average molecular weight is 469 g/mol. The second kappa shape index (κ2) is 11.1. The first-order chi connectivity index (χ1) is 15.8. The molecule has 0 fully saturated rings. The van der Waals surface area contributed by atoms with Crippen molar-refractivity contribution < 1.29 is 28.0 Å². The first-order valence-corrected chi connectivity index (χ1v) is 12.1. The van der Waals surface area contributed by atoms with E-state index in [4.69, 9.17) is 14.2 Å². The number of esters is 2. The van der Waals surface area contributed by atoms with Crippen molar-refractivity contribution in [3.8, 4) is 17.2 Å². The van der Waals surface area contributed by atoms with E-state index in [-0.39, 0.29) is 11.5 Å². The number of carbonyl (C=O) groups is 2. The van der Waals surface area contributed by atoms with E-state index in [0.717, 1.165) is 29.7 Å². The Balaban J connectivity index is 2.19. The molecule has 1 atom stereocenters. The van der Waals surface area contributed by atoms with Crippen molar-refractivity contribution in [3.63, 3.8) is 0 Å². The van der Waals surface area contributed by atoms with Gasteiger partial charge in [-0.1, -0.05) is 38.5 Å². The zero-order valence-electron chi connectivity index (χ0n) is 19.3. The number of hydrogen-bond acceptors (Lipinski definition) is 6. The second-order valence-corrected chi connectivity index (χ2v) is 8.98. The van der Waals surface area contributed by atoms with Crippen molar-refractivity contribution in [2.45, 2.75) is 56.7 Å². The summed E-state index contributed by atoms with van der Waals surface area (Å²) in [7, 11) is -1.44. The van der Waals surface area contributed by atoms with Gasteiger partial charge in [-0.25, -0.2) is 4.21 Å². The van der Waals surface area contributed by atoms with E-state index >= 15 is 0 Å². The zero-order valence-corrected chi connectivity index (χ0v) is 20.1. The highest BCUT2D eigenvalue weighted by molar-refractivity contribution is 7.85. The van der Waals surface area contributed by atoms with Gasteiger partial charge in [-0.15, -0.1) is 0 Å². The van der Waals surface area contributed by atoms with Crippen molar-refractivity contribution in [3.05, 3.63) is 54.1 Å². The fourth-order valence-electron chi connectivity index (χ4n) is 3.46. The Morgan fingerprint density at radius 3 is 2.27 bits per heavy atom. The van der Waals surface area contributed by atoms with Gasteiger partial charge in [0.05, 0.1) is 17.4 Å². The number of ether oxygens (including phenoxy) is 3. The summed E-state index contributed by atoms with van der Waals surface area (Å²) < 4.78 is 30.2. The molecule has 0 radical (unpaired) electrons. The van der Waals surface area contributed by atoms with Gasteiger partial charge in [-0.05, 0) is 42.7 Å². The summed E-state index contributed by atoms with van der Waals surface area (Å²) in [6, 6.07) is 14.3. The van der Waals surface area contributed by atoms with Crippen LogP contribution in [0.1, 0.15) is 46.1 Å². The minimum atomic E-state index is -1.44. The summed E-state index contributed by atoms with van der Waals surface area (Å²) in [5.41, 5.74) is 0.997. The molecular weight excluding hydrogens is 440 g/mol. The van der Waals surface area contributed by atoms with Crippen LogP contribution in [0.2, 0.25) is 0 Å². The molecule has 0 saturated heterocycles. The predicted octanol–water partition coefficient (Wildman–Crippen LogP) is 5.60. The van der Waals surface area contributed by atoms with Gasteiger partial charge in [0.2, 0.25) is 0 Å². The highest BCUT2D eigenvalue weighted by atomic mass is 32.2. The molecule has 0 heterocycles. The Hall–Kier alpha value is -3.19. The molecule has 7 heteroatoms. The average Bonchev–Trinajstić information content (AvgIpc) is 2.80. The Morgan fingerprint density at radius 1 is 0.879 bits per heavy atom. The maximum atomic E-state index is 13.4. The Morgan fingerprint density at radius 2 is 1.61 bits per heavy atom. The normalized spacial score (nSPS) is 11.8. The SMILES string of the molecule is CCCCOc1cc(OC(C)=O)c2cc(S(=O)c3ccccc3CC)ccc2c1OC(C)=O. The molecule has 0 aromatic heterocycles. The quantitative estimate of drug-likeness (QED) is 0.231. The van der Waals surface area contributed by atoms with Crippen molar-refractivity contribution in [1.82, 2.24) is 0 Å². The number of unbranched alkanes of at least 4 members (excludes halogenated alkanes) is 1. The highest BCUT2D eigenvalue weighted by Gasteiger charge is 2.20. The molecule has 6 nitrogen and oxygen atoms in total. The second-order valence-electron chi connectivity index (χ2n) is 7.53. The summed E-state index contributed by atoms with van der Waals surface area (Å²) in [4.78, 5) is 24.9. The number of benzene rings is 3. The van der Waals surface area contributed by atoms with E-state index < -0.39 is 22.7 Å². The molecule has 0 spiro atoms. The van der Waals surface area contributed by atoms with E-state index in [9.17, 15) is 13.8 Å². The topological polar surface area (TPSA) is 78.9 Å². The van der Waals surface area contributed by atoms with Gasteiger partial charge < -0.3 is 14.2 Å². The molecule has 0 N–H and O–H groups in total. The van der Waals surface area contributed by atoms with Gasteiger partial charge in [-0.3, -0.25) is 9.59 Å². The van der Waals surface area contributed by atoms with Gasteiger partial charge in [0.25, 0.3) is 0 Å². The fraction of sp³-hybridized carbons (Fsp3) is 0.308. The molecule has 174 valence electrons. The summed E-state index contributed by atoms with van der Waals surface area (Å²) in [6.45, 7) is 7.10. The van der Waals surface area contributed by atoms with E-state index in [1.165, 1.54) is 13.8 Å². The van der Waals surface area contributed by atoms with Crippen LogP contribution < -0.4 is 14.2 Å². The molecule has 3 aromatic carbocycles. The smallest absolute Gasteiger partial charge is 0.308 e. The maximum absolute atomic E-state index is 13.4. The van der Waals surface area contributed by atoms with Crippen LogP contribution >= 0.6 is 0 Å². The summed E-state index contributed by atoms with van der Waals surface area (Å²) >= 11 is 0. The minimum Gasteiger partial charge on any atom is -0.490 e. The molecule has 0 bridgehead atoms. The van der Waals surface area contributed by atoms with Gasteiger partial charge in [0.1, 0.15) is 5.75 Å². The van der Waals surface area contributed by atoms with Crippen LogP contribution in [0.5, 0.6) is 17.2 Å². The van der Waals surface area contributed by atoms with Crippen LogP contribution in [0, 0.1) is 0 Å². The van der Waals surface area contributed by atoms with Crippen LogP contribution in [0.15, 0.2) is 58.3 Å². The third-order valence-corrected chi connectivity index (χ3v) is 6.49. The van der Waals surface area contributed by atoms with E-state index in [1.807, 2.05) is 38.1 Å². The van der Waals surface area contributed by atoms with Gasteiger partial charge in [0.15, 0.2) is 11.5 Å². The summed E-state index contributed by atoms with van der Waals surface area (Å²) in [6.07, 6.45) is 2.50. The van der Waals surface area contributed by atoms with Gasteiger partial charge in [0, 0.05) is 40.5 Å². The summed E-state index contributed by atoms with van der Waals surface area (Å²) in [5, 5.41) is 1.03. The molecule has 0 saturated carbocycles. The van der Waals surface area contributed by atoms with Crippen LogP contribution in [0.3, 0.4) is 0 Å². The lowest BCUT2D eigenvalue weighted by atomic mass is 10.1.